The van der Waals surface area contributed by atoms with Crippen molar-refractivity contribution in [1.82, 2.24) is 14.8 Å². The number of aryl methyl sites for hydroxylation is 1. The molecule has 124 valence electrons. The highest BCUT2D eigenvalue weighted by molar-refractivity contribution is 7.99. The summed E-state index contributed by atoms with van der Waals surface area (Å²) in [5.74, 6) is 1.26. The fourth-order valence-electron chi connectivity index (χ4n) is 1.95. The first-order chi connectivity index (χ1) is 11.5. The van der Waals surface area contributed by atoms with Gasteiger partial charge in [-0.15, -0.1) is 16.8 Å². The Morgan fingerprint density at radius 3 is 3.00 bits per heavy atom. The number of anilines is 1. The lowest BCUT2D eigenvalue weighted by Crippen LogP contribution is -2.12. The van der Waals surface area contributed by atoms with E-state index in [0.717, 1.165) is 11.0 Å². The number of hydrogen-bond acceptors (Lipinski definition) is 5. The van der Waals surface area contributed by atoms with Crippen LogP contribution in [-0.2, 0) is 11.3 Å². The van der Waals surface area contributed by atoms with Gasteiger partial charge in [0.2, 0.25) is 5.91 Å². The van der Waals surface area contributed by atoms with E-state index in [0.29, 0.717) is 35.0 Å². The van der Waals surface area contributed by atoms with Gasteiger partial charge in [0, 0.05) is 24.4 Å². The van der Waals surface area contributed by atoms with E-state index >= 15 is 0 Å². The fourth-order valence-corrected chi connectivity index (χ4v) is 3.10. The molecule has 0 saturated carbocycles. The summed E-state index contributed by atoms with van der Waals surface area (Å²) >= 11 is 7.41. The van der Waals surface area contributed by atoms with Crippen molar-refractivity contribution in [2.24, 2.45) is 0 Å². The first-order valence-corrected chi connectivity index (χ1v) is 8.54. The van der Waals surface area contributed by atoms with E-state index in [-0.39, 0.29) is 5.91 Å². The van der Waals surface area contributed by atoms with E-state index in [4.69, 9.17) is 16.9 Å². The van der Waals surface area contributed by atoms with Crippen LogP contribution in [0.25, 0.3) is 0 Å². The molecule has 0 fully saturated rings. The number of carbonyl (C=O) groups is 1. The average Bonchev–Trinajstić information content (AvgIpc) is 2.89. The predicted octanol–water partition coefficient (Wildman–Crippen LogP) is 3.42. The van der Waals surface area contributed by atoms with Gasteiger partial charge in [-0.25, -0.2) is 0 Å². The van der Waals surface area contributed by atoms with E-state index in [1.165, 1.54) is 11.8 Å². The molecular formula is C16H16ClN5OS. The van der Waals surface area contributed by atoms with Gasteiger partial charge in [-0.1, -0.05) is 29.4 Å². The summed E-state index contributed by atoms with van der Waals surface area (Å²) in [6, 6.07) is 6.77. The first kappa shape index (κ1) is 18.0. The third-order valence-electron chi connectivity index (χ3n) is 3.15. The number of halogens is 1. The number of hydrogen-bond donors (Lipinski definition) is 1. The number of thioether (sulfide) groups is 1. The second kappa shape index (κ2) is 8.52. The number of rotatable bonds is 7. The Morgan fingerprint density at radius 1 is 1.54 bits per heavy atom. The largest absolute Gasteiger partial charge is 0.326 e. The second-order valence-electron chi connectivity index (χ2n) is 4.88. The van der Waals surface area contributed by atoms with E-state index in [9.17, 15) is 4.79 Å². The van der Waals surface area contributed by atoms with Gasteiger partial charge in [-0.05, 0) is 25.1 Å². The molecule has 24 heavy (non-hydrogen) atoms. The highest BCUT2D eigenvalue weighted by Gasteiger charge is 2.10. The standard InChI is InChI=1S/C16H16ClN5OS/c1-3-7-22-11(2)20-21-16(22)24-8-6-15(23)19-13-5-4-12(10-18)14(17)9-13/h3-5,9H,1,6-8H2,2H3,(H,19,23). The molecule has 6 nitrogen and oxygen atoms in total. The highest BCUT2D eigenvalue weighted by atomic mass is 35.5. The van der Waals surface area contributed by atoms with Gasteiger partial charge in [-0.3, -0.25) is 4.79 Å². The molecule has 0 atom stereocenters. The number of allylic oxidation sites excluding steroid dienone is 1. The van der Waals surface area contributed by atoms with Crippen molar-refractivity contribution in [1.29, 1.82) is 5.26 Å². The van der Waals surface area contributed by atoms with Crippen LogP contribution in [0.1, 0.15) is 17.8 Å². The van der Waals surface area contributed by atoms with Gasteiger partial charge in [0.1, 0.15) is 11.9 Å². The molecule has 2 rings (SSSR count). The molecule has 2 aromatic rings. The molecule has 8 heteroatoms. The maximum atomic E-state index is 12.0. The molecule has 0 bridgehead atoms. The average molecular weight is 362 g/mol. The van der Waals surface area contributed by atoms with Crippen LogP contribution in [0, 0.1) is 18.3 Å². The molecule has 0 aliphatic carbocycles. The maximum Gasteiger partial charge on any atom is 0.225 e. The van der Waals surface area contributed by atoms with Crippen LogP contribution in [0.2, 0.25) is 5.02 Å². The van der Waals surface area contributed by atoms with Crippen LogP contribution < -0.4 is 5.32 Å². The van der Waals surface area contributed by atoms with Crippen LogP contribution in [0.3, 0.4) is 0 Å². The quantitative estimate of drug-likeness (QED) is 0.603. The predicted molar refractivity (Wildman–Crippen MR) is 95.1 cm³/mol. The summed E-state index contributed by atoms with van der Waals surface area (Å²) in [4.78, 5) is 12.0. The number of nitriles is 1. The van der Waals surface area contributed by atoms with Gasteiger partial charge in [0.15, 0.2) is 5.16 Å². The van der Waals surface area contributed by atoms with Gasteiger partial charge in [-0.2, -0.15) is 5.26 Å². The molecule has 0 aliphatic rings. The van der Waals surface area contributed by atoms with Crippen molar-refractivity contribution in [3.63, 3.8) is 0 Å². The molecule has 0 saturated heterocycles. The Kier molecular flexibility index (Phi) is 6.41. The van der Waals surface area contributed by atoms with E-state index in [1.54, 1.807) is 24.3 Å². The Labute approximate surface area is 149 Å². The molecule has 0 aliphatic heterocycles. The van der Waals surface area contributed by atoms with Crippen LogP contribution in [0.4, 0.5) is 5.69 Å². The summed E-state index contributed by atoms with van der Waals surface area (Å²) in [6.45, 7) is 6.22. The van der Waals surface area contributed by atoms with Crippen molar-refractivity contribution in [3.8, 4) is 6.07 Å². The Hall–Kier alpha value is -2.30. The van der Waals surface area contributed by atoms with E-state index < -0.39 is 0 Å². The number of nitrogens with one attached hydrogen (secondary N) is 1. The summed E-state index contributed by atoms with van der Waals surface area (Å²) in [7, 11) is 0. The van der Waals surface area contributed by atoms with Gasteiger partial charge >= 0.3 is 0 Å². The minimum Gasteiger partial charge on any atom is -0.326 e. The van der Waals surface area contributed by atoms with Crippen molar-refractivity contribution in [2.75, 3.05) is 11.1 Å². The smallest absolute Gasteiger partial charge is 0.225 e. The summed E-state index contributed by atoms with van der Waals surface area (Å²) in [5, 5.41) is 20.8. The second-order valence-corrected chi connectivity index (χ2v) is 6.35. The SMILES string of the molecule is C=CCn1c(C)nnc1SCCC(=O)Nc1ccc(C#N)c(Cl)c1. The Balaban J connectivity index is 1.87. The number of aromatic nitrogens is 3. The molecule has 1 amide bonds. The summed E-state index contributed by atoms with van der Waals surface area (Å²) in [6.07, 6.45) is 2.10. The molecule has 1 aromatic carbocycles. The minimum atomic E-state index is -0.130. The van der Waals surface area contributed by atoms with Crippen LogP contribution in [-0.4, -0.2) is 26.4 Å². The third-order valence-corrected chi connectivity index (χ3v) is 4.43. The lowest BCUT2D eigenvalue weighted by Gasteiger charge is -2.07. The molecule has 1 aromatic heterocycles. The van der Waals surface area contributed by atoms with E-state index in [1.807, 2.05) is 17.6 Å². The molecule has 0 spiro atoms. The topological polar surface area (TPSA) is 83.6 Å². The van der Waals surface area contributed by atoms with Crippen LogP contribution in [0.15, 0.2) is 36.0 Å². The van der Waals surface area contributed by atoms with Gasteiger partial charge < -0.3 is 9.88 Å². The Morgan fingerprint density at radius 2 is 2.33 bits per heavy atom. The molecule has 1 N–H and O–H groups in total. The Bertz CT molecular complexity index is 796. The molecule has 0 radical (unpaired) electrons. The summed E-state index contributed by atoms with van der Waals surface area (Å²) < 4.78 is 1.94. The number of benzene rings is 1. The molecule has 1 heterocycles. The first-order valence-electron chi connectivity index (χ1n) is 7.18. The zero-order chi connectivity index (χ0) is 17.5. The monoisotopic (exact) mass is 361 g/mol. The molecule has 0 unspecified atom stereocenters. The minimum absolute atomic E-state index is 0.130. The maximum absolute atomic E-state index is 12.0. The van der Waals surface area contributed by atoms with Crippen LogP contribution in [0.5, 0.6) is 0 Å². The van der Waals surface area contributed by atoms with Crippen molar-refractivity contribution >= 4 is 35.0 Å². The summed E-state index contributed by atoms with van der Waals surface area (Å²) in [5.41, 5.74) is 0.946. The number of nitrogens with zero attached hydrogens (tertiary/aromatic N) is 4. The van der Waals surface area contributed by atoms with Gasteiger partial charge in [0.25, 0.3) is 0 Å². The van der Waals surface area contributed by atoms with Gasteiger partial charge in [0.05, 0.1) is 10.6 Å². The lowest BCUT2D eigenvalue weighted by molar-refractivity contribution is -0.115. The highest BCUT2D eigenvalue weighted by Crippen LogP contribution is 2.21. The normalized spacial score (nSPS) is 10.2. The molecular weight excluding hydrogens is 346 g/mol. The van der Waals surface area contributed by atoms with Crippen LogP contribution >= 0.6 is 23.4 Å². The van der Waals surface area contributed by atoms with Crippen molar-refractivity contribution in [3.05, 3.63) is 47.3 Å². The fraction of sp³-hybridized carbons (Fsp3) is 0.250. The number of amides is 1. The lowest BCUT2D eigenvalue weighted by atomic mass is 10.2. The zero-order valence-electron chi connectivity index (χ0n) is 13.1. The van der Waals surface area contributed by atoms with Crippen molar-refractivity contribution in [2.45, 2.75) is 25.0 Å². The van der Waals surface area contributed by atoms with E-state index in [2.05, 4.69) is 22.1 Å². The zero-order valence-corrected chi connectivity index (χ0v) is 14.7. The third kappa shape index (κ3) is 4.60. The number of carbonyl (C=O) groups excluding carboxylic acids is 1. The van der Waals surface area contributed by atoms with Crippen molar-refractivity contribution < 1.29 is 4.79 Å².